The number of rotatable bonds is 5. The van der Waals surface area contributed by atoms with Gasteiger partial charge in [-0.2, -0.15) is 12.6 Å². The number of hydrogen-bond donors (Lipinski definition) is 3. The van der Waals surface area contributed by atoms with Crippen LogP contribution in [0.3, 0.4) is 0 Å². The number of hydrogen-bond acceptors (Lipinski definition) is 4. The van der Waals surface area contributed by atoms with E-state index >= 15 is 0 Å². The predicted molar refractivity (Wildman–Crippen MR) is 59.8 cm³/mol. The molecule has 0 spiro atoms. The molecule has 0 radical (unpaired) electrons. The van der Waals surface area contributed by atoms with E-state index in [2.05, 4.69) is 12.6 Å². The molecule has 14 heavy (non-hydrogen) atoms. The van der Waals surface area contributed by atoms with Gasteiger partial charge in [0.25, 0.3) is 0 Å². The fourth-order valence-electron chi connectivity index (χ4n) is 1.08. The van der Waals surface area contributed by atoms with E-state index in [1.807, 2.05) is 24.3 Å². The second-order valence-corrected chi connectivity index (χ2v) is 3.30. The monoisotopic (exact) mass is 213 g/mol. The Labute approximate surface area is 89.3 Å². The molecule has 1 rings (SSSR count). The van der Waals surface area contributed by atoms with E-state index in [4.69, 9.17) is 15.6 Å². The van der Waals surface area contributed by atoms with Crippen LogP contribution >= 0.6 is 12.6 Å². The molecule has 0 aromatic heterocycles. The summed E-state index contributed by atoms with van der Waals surface area (Å²) in [6.45, 7) is 0.343. The average Bonchev–Trinajstić information content (AvgIpc) is 2.26. The molecule has 78 valence electrons. The zero-order valence-corrected chi connectivity index (χ0v) is 8.78. The summed E-state index contributed by atoms with van der Waals surface area (Å²) in [6.07, 6.45) is 0. The minimum atomic E-state index is -0.0368. The van der Waals surface area contributed by atoms with Crippen molar-refractivity contribution in [1.82, 2.24) is 0 Å². The number of nitrogens with two attached hydrogens (primary N) is 1. The first-order valence-electron chi connectivity index (χ1n) is 4.48. The van der Waals surface area contributed by atoms with Gasteiger partial charge in [0.2, 0.25) is 0 Å². The van der Waals surface area contributed by atoms with Crippen LogP contribution in [0, 0.1) is 0 Å². The van der Waals surface area contributed by atoms with E-state index in [-0.39, 0.29) is 12.6 Å². The summed E-state index contributed by atoms with van der Waals surface area (Å²) < 4.78 is 5.21. The van der Waals surface area contributed by atoms with Crippen molar-refractivity contribution < 1.29 is 9.84 Å². The molecule has 0 saturated carbocycles. The lowest BCUT2D eigenvalue weighted by molar-refractivity contribution is 0.201. The third-order valence-corrected chi connectivity index (χ3v) is 2.26. The minimum absolute atomic E-state index is 0.0257. The van der Waals surface area contributed by atoms with Crippen molar-refractivity contribution in [2.75, 3.05) is 19.0 Å². The van der Waals surface area contributed by atoms with Crippen molar-refractivity contribution in [1.29, 1.82) is 0 Å². The third-order valence-electron chi connectivity index (χ3n) is 1.86. The first kappa shape index (κ1) is 11.4. The fraction of sp³-hybridized carbons (Fsp3) is 0.400. The maximum Gasteiger partial charge on any atom is 0.119 e. The van der Waals surface area contributed by atoms with Crippen LogP contribution in [-0.2, 0) is 0 Å². The Morgan fingerprint density at radius 3 is 2.50 bits per heavy atom. The Hall–Kier alpha value is -0.710. The number of ether oxygens (including phenoxy) is 1. The van der Waals surface area contributed by atoms with Gasteiger partial charge in [-0.25, -0.2) is 0 Å². The lowest BCUT2D eigenvalue weighted by Gasteiger charge is -2.09. The van der Waals surface area contributed by atoms with Gasteiger partial charge in [-0.1, -0.05) is 12.1 Å². The molecule has 0 saturated heterocycles. The van der Waals surface area contributed by atoms with Crippen molar-refractivity contribution in [2.24, 2.45) is 5.73 Å². The van der Waals surface area contributed by atoms with Crippen molar-refractivity contribution in [3.8, 4) is 5.75 Å². The number of aliphatic hydroxyl groups excluding tert-OH is 1. The van der Waals surface area contributed by atoms with Crippen molar-refractivity contribution >= 4 is 12.6 Å². The molecular formula is C10H15NO2S. The minimum Gasteiger partial charge on any atom is -0.491 e. The van der Waals surface area contributed by atoms with Crippen LogP contribution in [0.15, 0.2) is 24.3 Å². The van der Waals surface area contributed by atoms with Crippen molar-refractivity contribution in [2.45, 2.75) is 6.04 Å². The van der Waals surface area contributed by atoms with Crippen molar-refractivity contribution in [3.05, 3.63) is 29.8 Å². The summed E-state index contributed by atoms with van der Waals surface area (Å²) in [6, 6.07) is 7.47. The highest BCUT2D eigenvalue weighted by atomic mass is 32.1. The topological polar surface area (TPSA) is 55.5 Å². The maximum atomic E-state index is 8.55. The van der Waals surface area contributed by atoms with E-state index < -0.39 is 0 Å². The largest absolute Gasteiger partial charge is 0.491 e. The van der Waals surface area contributed by atoms with Crippen LogP contribution in [0.4, 0.5) is 0 Å². The van der Waals surface area contributed by atoms with Gasteiger partial charge in [-0.3, -0.25) is 0 Å². The normalized spacial score (nSPS) is 12.5. The molecule has 0 aliphatic carbocycles. The molecule has 1 unspecified atom stereocenters. The fourth-order valence-corrected chi connectivity index (χ4v) is 1.29. The molecule has 3 nitrogen and oxygen atoms in total. The molecule has 1 atom stereocenters. The SMILES string of the molecule is NC(CS)c1ccc(OCCO)cc1. The van der Waals surface area contributed by atoms with Crippen LogP contribution in [-0.4, -0.2) is 24.1 Å². The standard InChI is InChI=1S/C10H15NO2S/c11-10(7-14)8-1-3-9(4-2-8)13-6-5-12/h1-4,10,12,14H,5-7,11H2. The van der Waals surface area contributed by atoms with Crippen LogP contribution in [0.5, 0.6) is 5.75 Å². The van der Waals surface area contributed by atoms with E-state index in [0.29, 0.717) is 12.4 Å². The van der Waals surface area contributed by atoms with E-state index in [1.165, 1.54) is 0 Å². The summed E-state index contributed by atoms with van der Waals surface area (Å²) in [5.74, 6) is 1.37. The second-order valence-electron chi connectivity index (χ2n) is 2.93. The lowest BCUT2D eigenvalue weighted by atomic mass is 10.1. The maximum absolute atomic E-state index is 8.55. The zero-order valence-electron chi connectivity index (χ0n) is 7.89. The Bertz CT molecular complexity index is 263. The molecule has 0 fully saturated rings. The molecule has 0 amide bonds. The number of aliphatic hydroxyl groups is 1. The third kappa shape index (κ3) is 3.21. The first-order chi connectivity index (χ1) is 6.77. The Kier molecular flexibility index (Phi) is 4.79. The Morgan fingerprint density at radius 1 is 1.36 bits per heavy atom. The van der Waals surface area contributed by atoms with Crippen LogP contribution < -0.4 is 10.5 Å². The van der Waals surface area contributed by atoms with Crippen molar-refractivity contribution in [3.63, 3.8) is 0 Å². The quantitative estimate of drug-likeness (QED) is 0.639. The van der Waals surface area contributed by atoms with Gasteiger partial charge in [0, 0.05) is 11.8 Å². The Morgan fingerprint density at radius 2 is 2.00 bits per heavy atom. The Balaban J connectivity index is 2.59. The summed E-state index contributed by atoms with van der Waals surface area (Å²) in [5.41, 5.74) is 6.83. The molecule has 4 heteroatoms. The van der Waals surface area contributed by atoms with Crippen LogP contribution in [0.2, 0.25) is 0 Å². The molecular weight excluding hydrogens is 198 g/mol. The van der Waals surface area contributed by atoms with Gasteiger partial charge < -0.3 is 15.6 Å². The second kappa shape index (κ2) is 5.90. The molecule has 0 bridgehead atoms. The van der Waals surface area contributed by atoms with E-state index in [9.17, 15) is 0 Å². The van der Waals surface area contributed by atoms with Gasteiger partial charge in [-0.05, 0) is 17.7 Å². The number of thiol groups is 1. The van der Waals surface area contributed by atoms with Gasteiger partial charge >= 0.3 is 0 Å². The smallest absolute Gasteiger partial charge is 0.119 e. The van der Waals surface area contributed by atoms with Gasteiger partial charge in [0.05, 0.1) is 6.61 Å². The van der Waals surface area contributed by atoms with Gasteiger partial charge in [-0.15, -0.1) is 0 Å². The van der Waals surface area contributed by atoms with Crippen LogP contribution in [0.25, 0.3) is 0 Å². The van der Waals surface area contributed by atoms with Gasteiger partial charge in [0.15, 0.2) is 0 Å². The highest BCUT2D eigenvalue weighted by Crippen LogP contribution is 2.16. The number of benzene rings is 1. The molecule has 0 heterocycles. The summed E-state index contributed by atoms with van der Waals surface area (Å²) in [4.78, 5) is 0. The molecule has 1 aromatic rings. The first-order valence-corrected chi connectivity index (χ1v) is 5.11. The molecule has 0 aliphatic heterocycles. The lowest BCUT2D eigenvalue weighted by Crippen LogP contribution is -2.11. The van der Waals surface area contributed by atoms with E-state index in [1.54, 1.807) is 0 Å². The highest BCUT2D eigenvalue weighted by Gasteiger charge is 2.02. The van der Waals surface area contributed by atoms with E-state index in [0.717, 1.165) is 11.3 Å². The molecule has 1 aromatic carbocycles. The summed E-state index contributed by atoms with van der Waals surface area (Å²) in [5, 5.41) is 8.55. The van der Waals surface area contributed by atoms with Crippen LogP contribution in [0.1, 0.15) is 11.6 Å². The highest BCUT2D eigenvalue weighted by molar-refractivity contribution is 7.80. The predicted octanol–water partition coefficient (Wildman–Crippen LogP) is 0.987. The van der Waals surface area contributed by atoms with Gasteiger partial charge in [0.1, 0.15) is 12.4 Å². The summed E-state index contributed by atoms with van der Waals surface area (Å²) in [7, 11) is 0. The molecule has 0 aliphatic rings. The average molecular weight is 213 g/mol. The zero-order chi connectivity index (χ0) is 10.4. The summed E-state index contributed by atoms with van der Waals surface area (Å²) >= 11 is 4.12. The molecule has 3 N–H and O–H groups in total.